The zero-order chi connectivity index (χ0) is 22.8. The lowest BCUT2D eigenvalue weighted by molar-refractivity contribution is -0.00932. The summed E-state index contributed by atoms with van der Waals surface area (Å²) in [7, 11) is 0. The molecule has 3 rings (SSSR count). The molecule has 0 bridgehead atoms. The van der Waals surface area contributed by atoms with Gasteiger partial charge in [-0.3, -0.25) is 4.90 Å². The second-order valence-electron chi connectivity index (χ2n) is 8.44. The quantitative estimate of drug-likeness (QED) is 0.339. The largest absolute Gasteiger partial charge is 0.444 e. The van der Waals surface area contributed by atoms with E-state index in [1.54, 1.807) is 63.2 Å². The number of likely N-dealkylation sites (tertiary alicyclic amines) is 1. The van der Waals surface area contributed by atoms with Gasteiger partial charge in [-0.25, -0.2) is 18.0 Å². The number of halogens is 3. The van der Waals surface area contributed by atoms with Crippen molar-refractivity contribution in [2.75, 3.05) is 6.54 Å². The summed E-state index contributed by atoms with van der Waals surface area (Å²) in [6.45, 7) is 3.86. The third kappa shape index (κ3) is 4.94. The molecule has 1 saturated heterocycles. The highest BCUT2D eigenvalue weighted by molar-refractivity contribution is 5.70. The zero-order valence-electron chi connectivity index (χ0n) is 17.4. The Labute approximate surface area is 178 Å². The van der Waals surface area contributed by atoms with Gasteiger partial charge in [0.1, 0.15) is 17.5 Å². The van der Waals surface area contributed by atoms with Crippen LogP contribution in [0.15, 0.2) is 53.6 Å². The molecule has 1 amide bonds. The number of ether oxygens (including phenoxy) is 1. The first-order valence-electron chi connectivity index (χ1n) is 9.78. The van der Waals surface area contributed by atoms with Crippen molar-refractivity contribution in [3.8, 4) is 11.1 Å². The average Bonchev–Trinajstić information content (AvgIpc) is 2.94. The van der Waals surface area contributed by atoms with Gasteiger partial charge >= 0.3 is 6.09 Å². The van der Waals surface area contributed by atoms with Crippen LogP contribution >= 0.6 is 0 Å². The Kier molecular flexibility index (Phi) is 6.18. The molecule has 6 nitrogen and oxygen atoms in total. The average molecular weight is 432 g/mol. The molecule has 0 radical (unpaired) electrons. The van der Waals surface area contributed by atoms with Crippen LogP contribution in [0.3, 0.4) is 0 Å². The minimum Gasteiger partial charge on any atom is -0.444 e. The van der Waals surface area contributed by atoms with Gasteiger partial charge in [-0.1, -0.05) is 53.6 Å². The lowest BCUT2D eigenvalue weighted by Gasteiger charge is -2.29. The van der Waals surface area contributed by atoms with E-state index in [-0.39, 0.29) is 12.0 Å². The van der Waals surface area contributed by atoms with E-state index in [1.165, 1.54) is 6.07 Å². The lowest BCUT2D eigenvalue weighted by atomic mass is 9.95. The Morgan fingerprint density at radius 1 is 1.23 bits per heavy atom. The Hall–Kier alpha value is -3.19. The number of hydrogen-bond acceptors (Lipinski definition) is 3. The highest BCUT2D eigenvalue weighted by Crippen LogP contribution is 2.38. The molecule has 2 aromatic rings. The maximum absolute atomic E-state index is 15.3. The molecule has 2 aromatic carbocycles. The summed E-state index contributed by atoms with van der Waals surface area (Å²) < 4.78 is 49.8. The molecule has 9 heteroatoms. The zero-order valence-corrected chi connectivity index (χ0v) is 17.4. The van der Waals surface area contributed by atoms with E-state index in [1.807, 2.05) is 0 Å². The van der Waals surface area contributed by atoms with Crippen molar-refractivity contribution in [1.82, 2.24) is 4.90 Å². The van der Waals surface area contributed by atoms with Crippen LogP contribution in [0.5, 0.6) is 0 Å². The second-order valence-corrected chi connectivity index (χ2v) is 8.44. The highest BCUT2D eigenvalue weighted by atomic mass is 19.3. The van der Waals surface area contributed by atoms with Crippen LogP contribution in [-0.2, 0) is 11.2 Å². The second kappa shape index (κ2) is 8.51. The first-order valence-corrected chi connectivity index (χ1v) is 9.78. The Morgan fingerprint density at radius 2 is 1.90 bits per heavy atom. The molecule has 31 heavy (non-hydrogen) atoms. The third-order valence-electron chi connectivity index (χ3n) is 4.98. The van der Waals surface area contributed by atoms with Crippen LogP contribution in [0.1, 0.15) is 26.3 Å². The fraction of sp³-hybridized carbons (Fsp3) is 0.409. The molecule has 2 atom stereocenters. The summed E-state index contributed by atoms with van der Waals surface area (Å²) in [5, 5.41) is 3.25. The van der Waals surface area contributed by atoms with E-state index >= 15 is 4.39 Å². The molecule has 1 heterocycles. The van der Waals surface area contributed by atoms with Gasteiger partial charge in [0.15, 0.2) is 0 Å². The SMILES string of the molecule is CC(C)(C)OC(=O)N1CC(F)(F)C(N=[N+]=[N-])[C@H]1Cc1cccc(-c2ccccc2)c1F. The molecular weight excluding hydrogens is 409 g/mol. The number of carbonyl (C=O) groups excluding carboxylic acids is 1. The van der Waals surface area contributed by atoms with Crippen LogP contribution in [0, 0.1) is 5.82 Å². The van der Waals surface area contributed by atoms with Gasteiger partial charge in [-0.05, 0) is 43.9 Å². The number of hydrogen-bond donors (Lipinski definition) is 0. The predicted octanol–water partition coefficient (Wildman–Crippen LogP) is 5.97. The molecule has 0 aromatic heterocycles. The van der Waals surface area contributed by atoms with E-state index in [4.69, 9.17) is 10.3 Å². The highest BCUT2D eigenvalue weighted by Gasteiger charge is 2.56. The van der Waals surface area contributed by atoms with Crippen molar-refractivity contribution in [1.29, 1.82) is 0 Å². The first-order chi connectivity index (χ1) is 14.5. The van der Waals surface area contributed by atoms with Crippen LogP contribution in [-0.4, -0.2) is 41.1 Å². The van der Waals surface area contributed by atoms with E-state index in [0.29, 0.717) is 11.1 Å². The number of carbonyl (C=O) groups is 1. The minimum atomic E-state index is -3.47. The molecule has 1 aliphatic heterocycles. The maximum Gasteiger partial charge on any atom is 0.410 e. The predicted molar refractivity (Wildman–Crippen MR) is 110 cm³/mol. The van der Waals surface area contributed by atoms with E-state index in [9.17, 15) is 13.6 Å². The standard InChI is InChI=1S/C22H23F3N4O2/c1-21(2,3)31-20(30)29-13-22(24,25)19(27-28-26)17(29)12-15-10-7-11-16(18(15)23)14-8-5-4-6-9-14/h4-11,17,19H,12-13H2,1-3H3/t17-,19?/m1/s1. The molecule has 0 aliphatic carbocycles. The Bertz CT molecular complexity index is 1000. The van der Waals surface area contributed by atoms with E-state index < -0.39 is 42.1 Å². The molecule has 0 saturated carbocycles. The molecule has 0 N–H and O–H groups in total. The van der Waals surface area contributed by atoms with Gasteiger partial charge in [0.25, 0.3) is 5.92 Å². The van der Waals surface area contributed by atoms with Crippen molar-refractivity contribution in [2.24, 2.45) is 5.11 Å². The van der Waals surface area contributed by atoms with Gasteiger partial charge < -0.3 is 4.74 Å². The fourth-order valence-electron chi connectivity index (χ4n) is 3.65. The van der Waals surface area contributed by atoms with Crippen molar-refractivity contribution < 1.29 is 22.7 Å². The van der Waals surface area contributed by atoms with Crippen molar-refractivity contribution in [3.63, 3.8) is 0 Å². The number of alkyl halides is 2. The summed E-state index contributed by atoms with van der Waals surface area (Å²) in [4.78, 5) is 16.0. The van der Waals surface area contributed by atoms with Crippen molar-refractivity contribution >= 4 is 6.09 Å². The fourth-order valence-corrected chi connectivity index (χ4v) is 3.65. The molecule has 164 valence electrons. The van der Waals surface area contributed by atoms with Gasteiger partial charge in [0.05, 0.1) is 12.6 Å². The summed E-state index contributed by atoms with van der Waals surface area (Å²) >= 11 is 0. The van der Waals surface area contributed by atoms with Gasteiger partial charge in [-0.2, -0.15) is 0 Å². The molecule has 1 aliphatic rings. The normalized spacial score (nSPS) is 20.3. The smallest absolute Gasteiger partial charge is 0.410 e. The Balaban J connectivity index is 1.99. The molecular formula is C22H23F3N4O2. The summed E-state index contributed by atoms with van der Waals surface area (Å²) in [6.07, 6.45) is -1.22. The number of rotatable bonds is 4. The van der Waals surface area contributed by atoms with Crippen LogP contribution < -0.4 is 0 Å². The van der Waals surface area contributed by atoms with Gasteiger partial charge in [0, 0.05) is 10.5 Å². The topological polar surface area (TPSA) is 78.3 Å². The molecule has 1 unspecified atom stereocenters. The molecule has 0 spiro atoms. The number of benzene rings is 2. The lowest BCUT2D eigenvalue weighted by Crippen LogP contribution is -2.43. The van der Waals surface area contributed by atoms with Crippen LogP contribution in [0.2, 0.25) is 0 Å². The third-order valence-corrected chi connectivity index (χ3v) is 4.98. The number of azide groups is 1. The summed E-state index contributed by atoms with van der Waals surface area (Å²) in [6, 6.07) is 10.4. The van der Waals surface area contributed by atoms with Crippen LogP contribution in [0.25, 0.3) is 21.6 Å². The number of amides is 1. The molecule has 1 fully saturated rings. The van der Waals surface area contributed by atoms with Crippen LogP contribution in [0.4, 0.5) is 18.0 Å². The van der Waals surface area contributed by atoms with E-state index in [2.05, 4.69) is 10.0 Å². The summed E-state index contributed by atoms with van der Waals surface area (Å²) in [5.41, 5.74) is 8.99. The Morgan fingerprint density at radius 3 is 2.52 bits per heavy atom. The van der Waals surface area contributed by atoms with Crippen molar-refractivity contribution in [3.05, 3.63) is 70.4 Å². The first kappa shape index (κ1) is 22.5. The summed E-state index contributed by atoms with van der Waals surface area (Å²) in [5.74, 6) is -4.05. The minimum absolute atomic E-state index is 0.135. The van der Waals surface area contributed by atoms with E-state index in [0.717, 1.165) is 4.90 Å². The monoisotopic (exact) mass is 432 g/mol. The number of nitrogens with zero attached hydrogens (tertiary/aromatic N) is 4. The van der Waals surface area contributed by atoms with Gasteiger partial charge in [-0.15, -0.1) is 0 Å². The maximum atomic E-state index is 15.3. The van der Waals surface area contributed by atoms with Gasteiger partial charge in [0.2, 0.25) is 0 Å². The van der Waals surface area contributed by atoms with Crippen molar-refractivity contribution in [2.45, 2.75) is 50.8 Å².